The molecule has 8 nitrogen and oxygen atoms in total. The minimum absolute atomic E-state index is 0.271. The Balaban J connectivity index is 0.000000444. The topological polar surface area (TPSA) is 87.5 Å². The zero-order chi connectivity index (χ0) is 22.1. The van der Waals surface area contributed by atoms with Crippen LogP contribution in [0.4, 0.5) is 0 Å². The van der Waals surface area contributed by atoms with Crippen LogP contribution < -0.4 is 4.74 Å². The third kappa shape index (κ3) is 18.8. The molecule has 0 fully saturated rings. The summed E-state index contributed by atoms with van der Waals surface area (Å²) >= 11 is 11.8. The van der Waals surface area contributed by atoms with Gasteiger partial charge in [-0.3, -0.25) is 0 Å². The number of hydrogen-bond donors (Lipinski definition) is 1. The summed E-state index contributed by atoms with van der Waals surface area (Å²) in [5.41, 5.74) is 0. The zero-order valence-electron chi connectivity index (χ0n) is 17.2. The predicted molar refractivity (Wildman–Crippen MR) is 123 cm³/mol. The van der Waals surface area contributed by atoms with E-state index in [1.54, 1.807) is 24.8 Å². The van der Waals surface area contributed by atoms with Crippen LogP contribution in [0.25, 0.3) is 0 Å². The smallest absolute Gasteiger partial charge is 0.316 e. The number of halogens is 3. The van der Waals surface area contributed by atoms with E-state index in [9.17, 15) is 0 Å². The Morgan fingerprint density at radius 2 is 1.31 bits per heavy atom. The number of aromatic nitrogens is 4. The molecule has 0 saturated heterocycles. The monoisotopic (exact) mass is 554 g/mol. The number of aliphatic hydroxyl groups excluding tert-OH is 1. The van der Waals surface area contributed by atoms with Gasteiger partial charge in [0.25, 0.3) is 0 Å². The Bertz CT molecular complexity index is 612. The van der Waals surface area contributed by atoms with Crippen LogP contribution >= 0.6 is 43.5 Å². The molecule has 0 saturated carbocycles. The van der Waals surface area contributed by atoms with E-state index in [-0.39, 0.29) is 5.28 Å². The van der Waals surface area contributed by atoms with Crippen molar-refractivity contribution in [2.45, 2.75) is 12.8 Å². The summed E-state index contributed by atoms with van der Waals surface area (Å²) in [6, 6.07) is 0.437. The highest BCUT2D eigenvalue weighted by Gasteiger charge is 1.97. The third-order valence-corrected chi connectivity index (χ3v) is 3.94. The minimum Gasteiger partial charge on any atom is -0.463 e. The molecule has 164 valence electrons. The fraction of sp³-hybridized carbons (Fsp3) is 0.556. The second kappa shape index (κ2) is 17.9. The van der Waals surface area contributed by atoms with E-state index in [4.69, 9.17) is 21.4 Å². The van der Waals surface area contributed by atoms with Crippen LogP contribution in [0, 0.1) is 0 Å². The summed E-state index contributed by atoms with van der Waals surface area (Å²) in [5.74, 6) is 0. The van der Waals surface area contributed by atoms with Crippen LogP contribution in [0.1, 0.15) is 12.8 Å². The highest BCUT2D eigenvalue weighted by molar-refractivity contribution is 9.10. The van der Waals surface area contributed by atoms with Crippen molar-refractivity contribution in [2.24, 2.45) is 0 Å². The van der Waals surface area contributed by atoms with E-state index in [0.29, 0.717) is 19.2 Å². The molecule has 2 aromatic heterocycles. The first kappa shape index (κ1) is 28.1. The Morgan fingerprint density at radius 3 is 1.69 bits per heavy atom. The number of ether oxygens (including phenoxy) is 1. The number of nitrogens with zero attached hydrogens (tertiary/aromatic N) is 6. The molecule has 29 heavy (non-hydrogen) atoms. The van der Waals surface area contributed by atoms with Gasteiger partial charge in [-0.1, -0.05) is 0 Å². The maximum Gasteiger partial charge on any atom is 0.316 e. The lowest BCUT2D eigenvalue weighted by Crippen LogP contribution is -2.15. The standard InChI is InChI=1S/C9H14BrN3O.C5H13NO.C4H2BrClN2/c1-13(2)4-3-5-14-9-11-6-8(10)7-12-9;1-6(2)4-3-5-7;5-3-1-7-4(6)8-2-3/h6-7H,3-5H2,1-2H3;7H,3-5H2,1-2H3;1-2H. The summed E-state index contributed by atoms with van der Waals surface area (Å²) in [6.45, 7) is 2.95. The van der Waals surface area contributed by atoms with Gasteiger partial charge in [0.05, 0.1) is 15.6 Å². The highest BCUT2D eigenvalue weighted by atomic mass is 79.9. The molecule has 0 aliphatic heterocycles. The molecule has 2 aromatic rings. The summed E-state index contributed by atoms with van der Waals surface area (Å²) in [7, 11) is 8.07. The predicted octanol–water partition coefficient (Wildman–Crippen LogP) is 3.39. The quantitative estimate of drug-likeness (QED) is 0.391. The lowest BCUT2D eigenvalue weighted by molar-refractivity contribution is 0.263. The minimum atomic E-state index is 0.271. The van der Waals surface area contributed by atoms with Gasteiger partial charge in [-0.15, -0.1) is 0 Å². The molecule has 0 bridgehead atoms. The van der Waals surface area contributed by atoms with Crippen molar-refractivity contribution >= 4 is 43.5 Å². The molecule has 2 rings (SSSR count). The molecule has 0 atom stereocenters. The van der Waals surface area contributed by atoms with E-state index in [2.05, 4.69) is 61.6 Å². The van der Waals surface area contributed by atoms with Gasteiger partial charge in [0.15, 0.2) is 0 Å². The molecule has 0 aliphatic carbocycles. The van der Waals surface area contributed by atoms with Crippen LogP contribution in [0.3, 0.4) is 0 Å². The zero-order valence-corrected chi connectivity index (χ0v) is 21.2. The first-order chi connectivity index (χ1) is 13.7. The van der Waals surface area contributed by atoms with E-state index in [0.717, 1.165) is 34.9 Å². The van der Waals surface area contributed by atoms with Gasteiger partial charge in [0, 0.05) is 37.9 Å². The summed E-state index contributed by atoms with van der Waals surface area (Å²) in [5, 5.41) is 8.56. The van der Waals surface area contributed by atoms with Crippen molar-refractivity contribution in [3.63, 3.8) is 0 Å². The average molecular weight is 557 g/mol. The van der Waals surface area contributed by atoms with Gasteiger partial charge >= 0.3 is 6.01 Å². The normalized spacial score (nSPS) is 10.1. The fourth-order valence-corrected chi connectivity index (χ4v) is 2.11. The van der Waals surface area contributed by atoms with Gasteiger partial charge in [0.1, 0.15) is 0 Å². The second-order valence-electron chi connectivity index (χ2n) is 6.24. The molecular formula is C18H29Br2ClN6O2. The molecule has 11 heteroatoms. The first-order valence-electron chi connectivity index (χ1n) is 8.88. The van der Waals surface area contributed by atoms with Crippen molar-refractivity contribution < 1.29 is 9.84 Å². The fourth-order valence-electron chi connectivity index (χ4n) is 1.60. The Labute approximate surface area is 194 Å². The Hall–Kier alpha value is -0.910. The molecule has 1 N–H and O–H groups in total. The van der Waals surface area contributed by atoms with Gasteiger partial charge in [-0.05, 0) is 91.0 Å². The molecular weight excluding hydrogens is 527 g/mol. The molecule has 2 heterocycles. The number of hydrogen-bond acceptors (Lipinski definition) is 8. The Morgan fingerprint density at radius 1 is 0.862 bits per heavy atom. The summed E-state index contributed by atoms with van der Waals surface area (Å²) in [6.07, 6.45) is 8.40. The van der Waals surface area contributed by atoms with Crippen LogP contribution in [0.2, 0.25) is 5.28 Å². The van der Waals surface area contributed by atoms with Crippen molar-refractivity contribution in [3.8, 4) is 6.01 Å². The Kier molecular flexibility index (Phi) is 17.3. The van der Waals surface area contributed by atoms with Gasteiger partial charge < -0.3 is 19.6 Å². The van der Waals surface area contributed by atoms with Crippen LogP contribution in [0.5, 0.6) is 6.01 Å². The van der Waals surface area contributed by atoms with E-state index in [1.807, 2.05) is 28.2 Å². The van der Waals surface area contributed by atoms with Gasteiger partial charge in [0.2, 0.25) is 5.28 Å². The third-order valence-electron chi connectivity index (χ3n) is 2.93. The maximum absolute atomic E-state index is 8.29. The maximum atomic E-state index is 8.29. The van der Waals surface area contributed by atoms with Crippen LogP contribution in [-0.4, -0.2) is 89.3 Å². The number of aliphatic hydroxyl groups is 1. The first-order valence-corrected chi connectivity index (χ1v) is 10.8. The molecule has 0 aromatic carbocycles. The molecule has 0 unspecified atom stereocenters. The lowest BCUT2D eigenvalue weighted by atomic mass is 10.4. The summed E-state index contributed by atoms with van der Waals surface area (Å²) in [4.78, 5) is 19.5. The number of rotatable bonds is 8. The molecule has 0 amide bonds. The molecule has 0 aliphatic rings. The van der Waals surface area contributed by atoms with Crippen molar-refractivity contribution in [3.05, 3.63) is 39.0 Å². The molecule has 0 spiro atoms. The van der Waals surface area contributed by atoms with Crippen LogP contribution in [0.15, 0.2) is 33.7 Å². The van der Waals surface area contributed by atoms with Crippen molar-refractivity contribution in [2.75, 3.05) is 54.5 Å². The summed E-state index contributed by atoms with van der Waals surface area (Å²) < 4.78 is 7.04. The van der Waals surface area contributed by atoms with Gasteiger partial charge in [-0.2, -0.15) is 0 Å². The van der Waals surface area contributed by atoms with E-state index in [1.165, 1.54) is 0 Å². The van der Waals surface area contributed by atoms with Gasteiger partial charge in [-0.25, -0.2) is 19.9 Å². The SMILES string of the molecule is CN(C)CCCO.CN(C)CCCOc1ncc(Br)cn1.Clc1ncc(Br)cn1. The van der Waals surface area contributed by atoms with Crippen molar-refractivity contribution in [1.29, 1.82) is 0 Å². The highest BCUT2D eigenvalue weighted by Crippen LogP contribution is 2.08. The lowest BCUT2D eigenvalue weighted by Gasteiger charge is -2.08. The largest absolute Gasteiger partial charge is 0.463 e. The second-order valence-corrected chi connectivity index (χ2v) is 8.41. The van der Waals surface area contributed by atoms with E-state index >= 15 is 0 Å². The molecule has 0 radical (unpaired) electrons. The van der Waals surface area contributed by atoms with Crippen LogP contribution in [-0.2, 0) is 0 Å². The van der Waals surface area contributed by atoms with E-state index < -0.39 is 0 Å². The average Bonchev–Trinajstić information content (AvgIpc) is 2.68. The van der Waals surface area contributed by atoms with Crippen molar-refractivity contribution in [1.82, 2.24) is 29.7 Å².